The summed E-state index contributed by atoms with van der Waals surface area (Å²) in [7, 11) is 0. The predicted octanol–water partition coefficient (Wildman–Crippen LogP) is 10.9. The Balaban J connectivity index is 3.40. The zero-order valence-electron chi connectivity index (χ0n) is 28.6. The second-order valence-electron chi connectivity index (χ2n) is 13.7. The molecule has 0 amide bonds. The first-order chi connectivity index (χ1) is 20.3. The van der Waals surface area contributed by atoms with Crippen molar-refractivity contribution in [3.63, 3.8) is 0 Å². The van der Waals surface area contributed by atoms with Crippen molar-refractivity contribution in [1.82, 2.24) is 0 Å². The van der Waals surface area contributed by atoms with Crippen molar-refractivity contribution in [1.29, 1.82) is 0 Å². The van der Waals surface area contributed by atoms with E-state index in [0.717, 1.165) is 43.9 Å². The Morgan fingerprint density at radius 3 is 0.929 bits per heavy atom. The average molecular weight is 597 g/mol. The summed E-state index contributed by atoms with van der Waals surface area (Å²) in [4.78, 5) is 23.8. The van der Waals surface area contributed by atoms with Crippen LogP contribution in [0.1, 0.15) is 195 Å². The lowest BCUT2D eigenvalue weighted by Gasteiger charge is -2.12. The van der Waals surface area contributed by atoms with Gasteiger partial charge >= 0.3 is 11.9 Å². The Hall–Kier alpha value is -1.10. The SMILES string of the molecule is CC(C)CCCCCCCCCCCCCCCC(=O)OC[C@H](O)COC(=O)CCCCCCCCCCCC(C)C. The van der Waals surface area contributed by atoms with Crippen LogP contribution in [0, 0.1) is 11.8 Å². The van der Waals surface area contributed by atoms with E-state index >= 15 is 0 Å². The quantitative estimate of drug-likeness (QED) is 0.0617. The number of unbranched alkanes of at least 4 members (excludes halogenated alkanes) is 20. The van der Waals surface area contributed by atoms with Gasteiger partial charge in [-0.3, -0.25) is 9.59 Å². The van der Waals surface area contributed by atoms with E-state index in [1.165, 1.54) is 122 Å². The van der Waals surface area contributed by atoms with Crippen molar-refractivity contribution in [2.75, 3.05) is 13.2 Å². The summed E-state index contributed by atoms with van der Waals surface area (Å²) in [5.41, 5.74) is 0. The van der Waals surface area contributed by atoms with E-state index in [9.17, 15) is 14.7 Å². The maximum Gasteiger partial charge on any atom is 0.305 e. The Morgan fingerprint density at radius 1 is 0.429 bits per heavy atom. The summed E-state index contributed by atoms with van der Waals surface area (Å²) < 4.78 is 10.3. The molecule has 5 heteroatoms. The van der Waals surface area contributed by atoms with Crippen LogP contribution in [0.15, 0.2) is 0 Å². The standard InChI is InChI=1S/C37H72O5/c1-33(2)27-23-19-15-11-8-6-5-7-9-13-17-21-25-29-36(39)41-31-35(38)32-42-37(40)30-26-22-18-14-10-12-16-20-24-28-34(3)4/h33-35,38H,5-32H2,1-4H3/t35-/m0/s1. The maximum absolute atomic E-state index is 11.9. The number of rotatable bonds is 32. The molecule has 0 rings (SSSR count). The Morgan fingerprint density at radius 2 is 0.667 bits per heavy atom. The smallest absolute Gasteiger partial charge is 0.305 e. The summed E-state index contributed by atoms with van der Waals surface area (Å²) in [6, 6.07) is 0. The fourth-order valence-electron chi connectivity index (χ4n) is 5.40. The van der Waals surface area contributed by atoms with E-state index in [1.54, 1.807) is 0 Å². The molecule has 0 spiro atoms. The number of hydrogen-bond donors (Lipinski definition) is 1. The molecule has 0 aromatic carbocycles. The molecular weight excluding hydrogens is 524 g/mol. The molecule has 0 heterocycles. The number of hydrogen-bond acceptors (Lipinski definition) is 5. The van der Waals surface area contributed by atoms with Gasteiger partial charge in [-0.1, -0.05) is 169 Å². The van der Waals surface area contributed by atoms with Crippen LogP contribution in [0.5, 0.6) is 0 Å². The van der Waals surface area contributed by atoms with Gasteiger partial charge < -0.3 is 14.6 Å². The highest BCUT2D eigenvalue weighted by Crippen LogP contribution is 2.16. The van der Waals surface area contributed by atoms with Gasteiger partial charge in [0.2, 0.25) is 0 Å². The van der Waals surface area contributed by atoms with Gasteiger partial charge in [0.25, 0.3) is 0 Å². The number of carbonyl (C=O) groups excluding carboxylic acids is 2. The first kappa shape index (κ1) is 40.9. The van der Waals surface area contributed by atoms with E-state index in [1.807, 2.05) is 0 Å². The third-order valence-electron chi connectivity index (χ3n) is 8.20. The monoisotopic (exact) mass is 597 g/mol. The summed E-state index contributed by atoms with van der Waals surface area (Å²) in [6.07, 6.45) is 30.1. The molecule has 0 aromatic rings. The molecule has 0 aliphatic rings. The molecular formula is C37H72O5. The molecule has 0 aliphatic heterocycles. The molecule has 0 unspecified atom stereocenters. The molecule has 0 fully saturated rings. The second-order valence-corrected chi connectivity index (χ2v) is 13.7. The van der Waals surface area contributed by atoms with Gasteiger partial charge in [-0.25, -0.2) is 0 Å². The minimum absolute atomic E-state index is 0.110. The fraction of sp³-hybridized carbons (Fsp3) is 0.946. The third kappa shape index (κ3) is 33.4. The van der Waals surface area contributed by atoms with E-state index < -0.39 is 6.10 Å². The Labute approximate surface area is 261 Å². The second kappa shape index (κ2) is 31.3. The van der Waals surface area contributed by atoms with Gasteiger partial charge in [-0.15, -0.1) is 0 Å². The van der Waals surface area contributed by atoms with Crippen LogP contribution in [0.3, 0.4) is 0 Å². The van der Waals surface area contributed by atoms with Crippen molar-refractivity contribution >= 4 is 11.9 Å². The molecule has 0 radical (unpaired) electrons. The number of carbonyl (C=O) groups is 2. The molecule has 1 atom stereocenters. The maximum atomic E-state index is 11.9. The van der Waals surface area contributed by atoms with Crippen molar-refractivity contribution in [2.24, 2.45) is 11.8 Å². The van der Waals surface area contributed by atoms with Crippen molar-refractivity contribution in [2.45, 2.75) is 201 Å². The van der Waals surface area contributed by atoms with Crippen molar-refractivity contribution in [3.05, 3.63) is 0 Å². The number of aliphatic hydroxyl groups excluding tert-OH is 1. The van der Waals surface area contributed by atoms with Gasteiger partial charge in [0, 0.05) is 12.8 Å². The third-order valence-corrected chi connectivity index (χ3v) is 8.20. The fourth-order valence-corrected chi connectivity index (χ4v) is 5.40. The zero-order valence-corrected chi connectivity index (χ0v) is 28.6. The molecule has 0 saturated carbocycles. The first-order valence-electron chi connectivity index (χ1n) is 18.3. The predicted molar refractivity (Wildman–Crippen MR) is 178 cm³/mol. The summed E-state index contributed by atoms with van der Waals surface area (Å²) >= 11 is 0. The topological polar surface area (TPSA) is 72.8 Å². The number of aliphatic hydroxyl groups is 1. The average Bonchev–Trinajstić information content (AvgIpc) is 2.95. The molecule has 42 heavy (non-hydrogen) atoms. The highest BCUT2D eigenvalue weighted by Gasteiger charge is 2.12. The van der Waals surface area contributed by atoms with Gasteiger partial charge in [-0.05, 0) is 24.7 Å². The van der Waals surface area contributed by atoms with Crippen molar-refractivity contribution < 1.29 is 24.2 Å². The molecule has 0 bridgehead atoms. The highest BCUT2D eigenvalue weighted by atomic mass is 16.6. The zero-order chi connectivity index (χ0) is 31.1. The highest BCUT2D eigenvalue weighted by molar-refractivity contribution is 5.69. The van der Waals surface area contributed by atoms with E-state index in [2.05, 4.69) is 27.7 Å². The summed E-state index contributed by atoms with van der Waals surface area (Å²) in [6.45, 7) is 8.98. The molecule has 0 saturated heterocycles. The number of ether oxygens (including phenoxy) is 2. The molecule has 5 nitrogen and oxygen atoms in total. The van der Waals surface area contributed by atoms with Crippen LogP contribution in [0.2, 0.25) is 0 Å². The van der Waals surface area contributed by atoms with Crippen LogP contribution in [-0.4, -0.2) is 36.4 Å². The first-order valence-corrected chi connectivity index (χ1v) is 18.3. The molecule has 0 aromatic heterocycles. The lowest BCUT2D eigenvalue weighted by Crippen LogP contribution is -2.25. The summed E-state index contributed by atoms with van der Waals surface area (Å²) in [5.74, 6) is 1.11. The minimum atomic E-state index is -0.955. The molecule has 0 aliphatic carbocycles. The van der Waals surface area contributed by atoms with E-state index in [0.29, 0.717) is 12.8 Å². The minimum Gasteiger partial charge on any atom is -0.463 e. The molecule has 250 valence electrons. The Bertz CT molecular complexity index is 589. The van der Waals surface area contributed by atoms with Crippen LogP contribution in [0.25, 0.3) is 0 Å². The molecule has 1 N–H and O–H groups in total. The lowest BCUT2D eigenvalue weighted by molar-refractivity contribution is -0.152. The van der Waals surface area contributed by atoms with Crippen LogP contribution < -0.4 is 0 Å². The van der Waals surface area contributed by atoms with E-state index in [4.69, 9.17) is 9.47 Å². The normalized spacial score (nSPS) is 12.3. The van der Waals surface area contributed by atoms with Gasteiger partial charge in [0.1, 0.15) is 19.3 Å². The van der Waals surface area contributed by atoms with Crippen LogP contribution >= 0.6 is 0 Å². The van der Waals surface area contributed by atoms with Crippen LogP contribution in [0.4, 0.5) is 0 Å². The summed E-state index contributed by atoms with van der Waals surface area (Å²) in [5, 5.41) is 9.98. The van der Waals surface area contributed by atoms with Gasteiger partial charge in [-0.2, -0.15) is 0 Å². The van der Waals surface area contributed by atoms with Gasteiger partial charge in [0.15, 0.2) is 0 Å². The largest absolute Gasteiger partial charge is 0.463 e. The Kier molecular flexibility index (Phi) is 30.5. The van der Waals surface area contributed by atoms with E-state index in [-0.39, 0.29) is 25.2 Å². The van der Waals surface area contributed by atoms with Gasteiger partial charge in [0.05, 0.1) is 0 Å². The van der Waals surface area contributed by atoms with Crippen LogP contribution in [-0.2, 0) is 19.1 Å². The van der Waals surface area contributed by atoms with Crippen molar-refractivity contribution in [3.8, 4) is 0 Å². The lowest BCUT2D eigenvalue weighted by atomic mass is 10.0. The number of esters is 2.